The van der Waals surface area contributed by atoms with Crippen LogP contribution < -0.4 is 10.2 Å². The number of anilines is 2. The van der Waals surface area contributed by atoms with Crippen molar-refractivity contribution in [3.8, 4) is 0 Å². The minimum Gasteiger partial charge on any atom is -0.325 e. The van der Waals surface area contributed by atoms with Crippen molar-refractivity contribution in [3.63, 3.8) is 0 Å². The molecule has 2 aromatic carbocycles. The molecule has 2 aliphatic rings. The van der Waals surface area contributed by atoms with Crippen LogP contribution in [0.2, 0.25) is 0 Å². The second kappa shape index (κ2) is 7.44. The van der Waals surface area contributed by atoms with Crippen LogP contribution in [0, 0.1) is 6.92 Å². The molecule has 32 heavy (non-hydrogen) atoms. The molecule has 0 aliphatic carbocycles. The van der Waals surface area contributed by atoms with Gasteiger partial charge in [0.2, 0.25) is 11.8 Å². The number of carbonyl (C=O) groups is 3. The van der Waals surface area contributed by atoms with E-state index in [-0.39, 0.29) is 30.7 Å². The smallest absolute Gasteiger partial charge is 0.257 e. The maximum Gasteiger partial charge on any atom is 0.257 e. The Balaban J connectivity index is 1.38. The van der Waals surface area contributed by atoms with Crippen molar-refractivity contribution < 1.29 is 14.4 Å². The second-order valence-electron chi connectivity index (χ2n) is 8.55. The monoisotopic (exact) mass is 428 g/mol. The first-order chi connectivity index (χ1) is 15.4. The zero-order valence-electron chi connectivity index (χ0n) is 18.1. The molecule has 3 heterocycles. The van der Waals surface area contributed by atoms with E-state index >= 15 is 0 Å². The number of benzene rings is 2. The van der Waals surface area contributed by atoms with Crippen molar-refractivity contribution in [2.45, 2.75) is 38.8 Å². The van der Waals surface area contributed by atoms with Gasteiger partial charge in [-0.2, -0.15) is 0 Å². The summed E-state index contributed by atoms with van der Waals surface area (Å²) in [7, 11) is 0. The third-order valence-electron chi connectivity index (χ3n) is 6.55. The average molecular weight is 428 g/mol. The highest BCUT2D eigenvalue weighted by molar-refractivity contribution is 6.10. The van der Waals surface area contributed by atoms with Gasteiger partial charge in [0.15, 0.2) is 0 Å². The van der Waals surface area contributed by atoms with Gasteiger partial charge in [0.1, 0.15) is 5.66 Å². The lowest BCUT2D eigenvalue weighted by atomic mass is 9.98. The van der Waals surface area contributed by atoms with Gasteiger partial charge in [0.05, 0.1) is 22.5 Å². The summed E-state index contributed by atoms with van der Waals surface area (Å²) in [6.45, 7) is 4.11. The number of nitrogens with zero attached hydrogens (tertiary/aromatic N) is 3. The Labute approximate surface area is 186 Å². The largest absolute Gasteiger partial charge is 0.325 e. The molecule has 0 spiro atoms. The molecule has 1 atom stereocenters. The van der Waals surface area contributed by atoms with Crippen LogP contribution in [0.5, 0.6) is 0 Å². The third-order valence-corrected chi connectivity index (χ3v) is 6.55. The average Bonchev–Trinajstić information content (AvgIpc) is 3.11. The number of aromatic nitrogens is 1. The zero-order chi connectivity index (χ0) is 22.5. The Morgan fingerprint density at radius 3 is 2.78 bits per heavy atom. The van der Waals surface area contributed by atoms with Crippen molar-refractivity contribution in [2.24, 2.45) is 0 Å². The number of carbonyl (C=O) groups excluding carboxylic acids is 3. The third kappa shape index (κ3) is 3.04. The predicted molar refractivity (Wildman–Crippen MR) is 122 cm³/mol. The molecule has 1 unspecified atom stereocenters. The van der Waals surface area contributed by atoms with Crippen molar-refractivity contribution in [2.75, 3.05) is 16.8 Å². The Kier molecular flexibility index (Phi) is 4.69. The van der Waals surface area contributed by atoms with Gasteiger partial charge >= 0.3 is 0 Å². The summed E-state index contributed by atoms with van der Waals surface area (Å²) in [5, 5.41) is 3.85. The molecule has 5 rings (SSSR count). The quantitative estimate of drug-likeness (QED) is 0.684. The normalized spacial score (nSPS) is 19.8. The van der Waals surface area contributed by atoms with Crippen LogP contribution in [0.15, 0.2) is 54.7 Å². The van der Waals surface area contributed by atoms with E-state index in [2.05, 4.69) is 10.3 Å². The van der Waals surface area contributed by atoms with Crippen LogP contribution >= 0.6 is 0 Å². The number of amides is 3. The number of rotatable bonds is 4. The van der Waals surface area contributed by atoms with E-state index in [1.54, 1.807) is 28.1 Å². The molecule has 1 saturated heterocycles. The Morgan fingerprint density at radius 2 is 1.94 bits per heavy atom. The van der Waals surface area contributed by atoms with E-state index < -0.39 is 5.66 Å². The van der Waals surface area contributed by atoms with E-state index in [0.29, 0.717) is 29.8 Å². The Hall–Kier alpha value is -3.74. The molecule has 1 N–H and O–H groups in total. The zero-order valence-corrected chi connectivity index (χ0v) is 18.1. The van der Waals surface area contributed by atoms with E-state index in [4.69, 9.17) is 0 Å². The molecule has 3 amide bonds. The van der Waals surface area contributed by atoms with Crippen LogP contribution in [0.25, 0.3) is 10.9 Å². The van der Waals surface area contributed by atoms with Gasteiger partial charge in [-0.3, -0.25) is 24.3 Å². The number of hydrogen-bond acceptors (Lipinski definition) is 4. The molecule has 0 bridgehead atoms. The van der Waals surface area contributed by atoms with Crippen molar-refractivity contribution in [3.05, 3.63) is 65.9 Å². The molecule has 1 fully saturated rings. The fourth-order valence-corrected chi connectivity index (χ4v) is 4.89. The molecule has 7 nitrogen and oxygen atoms in total. The highest BCUT2D eigenvalue weighted by Crippen LogP contribution is 2.44. The SMILES string of the molecule is Cc1ccc(NC(=O)CCN2C(=O)c3ccccc3N3C(=O)CCC23C)c2cccnc12. The summed E-state index contributed by atoms with van der Waals surface area (Å²) < 4.78 is 0. The Morgan fingerprint density at radius 1 is 1.12 bits per heavy atom. The van der Waals surface area contributed by atoms with Crippen molar-refractivity contribution in [1.29, 1.82) is 0 Å². The van der Waals surface area contributed by atoms with Gasteiger partial charge in [0, 0.05) is 31.0 Å². The molecule has 7 heteroatoms. The van der Waals surface area contributed by atoms with Gasteiger partial charge in [-0.15, -0.1) is 0 Å². The fraction of sp³-hybridized carbons (Fsp3) is 0.280. The lowest BCUT2D eigenvalue weighted by molar-refractivity contribution is -0.117. The van der Waals surface area contributed by atoms with Gasteiger partial charge in [-0.25, -0.2) is 0 Å². The van der Waals surface area contributed by atoms with Crippen LogP contribution in [0.1, 0.15) is 42.1 Å². The standard InChI is InChI=1S/C25H24N4O3/c1-16-9-10-19(17-7-5-14-26-23(16)17)27-21(30)12-15-28-24(32)18-6-3-4-8-20(18)29-22(31)11-13-25(28,29)2/h3-10,14H,11-13,15H2,1-2H3,(H,27,30). The highest BCUT2D eigenvalue weighted by atomic mass is 16.2. The van der Waals surface area contributed by atoms with Gasteiger partial charge in [-0.1, -0.05) is 18.2 Å². The lowest BCUT2D eigenvalue weighted by Gasteiger charge is -2.48. The minimum absolute atomic E-state index is 0.000488. The summed E-state index contributed by atoms with van der Waals surface area (Å²) in [6.07, 6.45) is 2.78. The van der Waals surface area contributed by atoms with Crippen LogP contribution in [0.4, 0.5) is 11.4 Å². The van der Waals surface area contributed by atoms with Crippen molar-refractivity contribution in [1.82, 2.24) is 9.88 Å². The molecule has 3 aromatic rings. The van der Waals surface area contributed by atoms with E-state index in [1.807, 2.05) is 50.2 Å². The van der Waals surface area contributed by atoms with Crippen molar-refractivity contribution >= 4 is 40.0 Å². The summed E-state index contributed by atoms with van der Waals surface area (Å²) in [5.41, 5.74) is 2.97. The molecule has 1 aromatic heterocycles. The molecular formula is C25H24N4O3. The number of fused-ring (bicyclic) bond motifs is 4. The maximum atomic E-state index is 13.3. The van der Waals surface area contributed by atoms with Crippen LogP contribution in [-0.2, 0) is 9.59 Å². The number of aryl methyl sites for hydroxylation is 1. The summed E-state index contributed by atoms with van der Waals surface area (Å²) in [5.74, 6) is -0.336. The molecule has 162 valence electrons. The lowest BCUT2D eigenvalue weighted by Crippen LogP contribution is -2.62. The van der Waals surface area contributed by atoms with Crippen LogP contribution in [0.3, 0.4) is 0 Å². The summed E-state index contributed by atoms with van der Waals surface area (Å²) in [4.78, 5) is 46.6. The maximum absolute atomic E-state index is 13.3. The van der Waals surface area contributed by atoms with E-state index in [0.717, 1.165) is 16.5 Å². The van der Waals surface area contributed by atoms with E-state index in [9.17, 15) is 14.4 Å². The molecule has 2 aliphatic heterocycles. The number of para-hydroxylation sites is 1. The number of nitrogens with one attached hydrogen (secondary N) is 1. The fourth-order valence-electron chi connectivity index (χ4n) is 4.89. The predicted octanol–water partition coefficient (Wildman–Crippen LogP) is 3.87. The van der Waals surface area contributed by atoms with Gasteiger partial charge in [0.25, 0.3) is 5.91 Å². The topological polar surface area (TPSA) is 82.6 Å². The van der Waals surface area contributed by atoms with Gasteiger partial charge < -0.3 is 10.2 Å². The van der Waals surface area contributed by atoms with Crippen LogP contribution in [-0.4, -0.2) is 39.8 Å². The minimum atomic E-state index is -0.761. The first-order valence-electron chi connectivity index (χ1n) is 10.8. The summed E-state index contributed by atoms with van der Waals surface area (Å²) >= 11 is 0. The molecule has 0 radical (unpaired) electrons. The Bertz CT molecular complexity index is 1270. The molecular weight excluding hydrogens is 404 g/mol. The van der Waals surface area contributed by atoms with Gasteiger partial charge in [-0.05, 0) is 56.2 Å². The number of hydrogen-bond donors (Lipinski definition) is 1. The first kappa shape index (κ1) is 20.2. The molecule has 0 saturated carbocycles. The summed E-state index contributed by atoms with van der Waals surface area (Å²) in [6, 6.07) is 14.8. The highest BCUT2D eigenvalue weighted by Gasteiger charge is 2.52. The second-order valence-corrected chi connectivity index (χ2v) is 8.55. The van der Waals surface area contributed by atoms with E-state index in [1.165, 1.54) is 0 Å². The first-order valence-corrected chi connectivity index (χ1v) is 10.8. The number of pyridine rings is 1.